The minimum absolute atomic E-state index is 0.124. The summed E-state index contributed by atoms with van der Waals surface area (Å²) in [7, 11) is 1.54. The standard InChI is InChI=1S/C27H29F3N2O4/c1-26(2,3)25(34)31-21-6-5-19(27(28,29)30)13-17(21)12-18-11-16-14-22(32-7-9-36-10-8-32)23(35-4)15-20(16)24(18)33/h5-6,12-15H,7-11H2,1-4H3,(H,31,34). The molecule has 9 heteroatoms. The molecule has 1 aliphatic heterocycles. The molecule has 1 aliphatic carbocycles. The molecule has 0 atom stereocenters. The zero-order chi connectivity index (χ0) is 26.3. The van der Waals surface area contributed by atoms with Crippen LogP contribution in [0.5, 0.6) is 5.75 Å². The second kappa shape index (κ2) is 9.61. The Morgan fingerprint density at radius 2 is 1.81 bits per heavy atom. The first-order valence-corrected chi connectivity index (χ1v) is 11.7. The summed E-state index contributed by atoms with van der Waals surface area (Å²) >= 11 is 0. The van der Waals surface area contributed by atoms with Crippen molar-refractivity contribution in [3.05, 3.63) is 58.2 Å². The average Bonchev–Trinajstić information content (AvgIpc) is 3.12. The Kier molecular flexibility index (Phi) is 6.88. The van der Waals surface area contributed by atoms with Gasteiger partial charge in [-0.25, -0.2) is 0 Å². The van der Waals surface area contributed by atoms with E-state index in [0.29, 0.717) is 43.2 Å². The zero-order valence-electron chi connectivity index (χ0n) is 20.7. The third kappa shape index (κ3) is 5.26. The van der Waals surface area contributed by atoms with Gasteiger partial charge in [-0.3, -0.25) is 9.59 Å². The van der Waals surface area contributed by atoms with E-state index in [1.807, 2.05) is 6.07 Å². The lowest BCUT2D eigenvalue weighted by molar-refractivity contribution is -0.137. The highest BCUT2D eigenvalue weighted by atomic mass is 19.4. The van der Waals surface area contributed by atoms with Gasteiger partial charge in [0.05, 0.1) is 31.6 Å². The molecule has 36 heavy (non-hydrogen) atoms. The number of amides is 1. The summed E-state index contributed by atoms with van der Waals surface area (Å²) < 4.78 is 51.3. The van der Waals surface area contributed by atoms with E-state index in [1.54, 1.807) is 26.8 Å². The first-order chi connectivity index (χ1) is 16.9. The molecule has 0 bridgehead atoms. The molecule has 1 fully saturated rings. The number of methoxy groups -OCH3 is 1. The van der Waals surface area contributed by atoms with Crippen molar-refractivity contribution in [3.8, 4) is 5.75 Å². The minimum Gasteiger partial charge on any atom is -0.495 e. The highest BCUT2D eigenvalue weighted by Gasteiger charge is 2.33. The van der Waals surface area contributed by atoms with E-state index in [2.05, 4.69) is 10.2 Å². The van der Waals surface area contributed by atoms with Crippen LogP contribution in [0.1, 0.15) is 47.8 Å². The quantitative estimate of drug-likeness (QED) is 0.571. The molecule has 2 aromatic rings. The topological polar surface area (TPSA) is 67.9 Å². The van der Waals surface area contributed by atoms with E-state index in [0.717, 1.165) is 23.4 Å². The summed E-state index contributed by atoms with van der Waals surface area (Å²) in [6.45, 7) is 7.68. The number of nitrogens with one attached hydrogen (secondary N) is 1. The van der Waals surface area contributed by atoms with Crippen LogP contribution < -0.4 is 15.0 Å². The van der Waals surface area contributed by atoms with Gasteiger partial charge in [0, 0.05) is 41.7 Å². The number of alkyl halides is 3. The van der Waals surface area contributed by atoms with Crippen LogP contribution in [0.2, 0.25) is 0 Å². The number of halogens is 3. The van der Waals surface area contributed by atoms with E-state index < -0.39 is 17.2 Å². The van der Waals surface area contributed by atoms with Gasteiger partial charge in [0.1, 0.15) is 5.75 Å². The van der Waals surface area contributed by atoms with Gasteiger partial charge in [-0.15, -0.1) is 0 Å². The largest absolute Gasteiger partial charge is 0.495 e. The molecular weight excluding hydrogens is 473 g/mol. The van der Waals surface area contributed by atoms with E-state index in [1.165, 1.54) is 19.3 Å². The predicted octanol–water partition coefficient (Wildman–Crippen LogP) is 5.36. The molecule has 2 aromatic carbocycles. The Labute approximate surface area is 208 Å². The fourth-order valence-electron chi connectivity index (χ4n) is 4.23. The average molecular weight is 503 g/mol. The number of hydrogen-bond acceptors (Lipinski definition) is 5. The van der Waals surface area contributed by atoms with Gasteiger partial charge in [-0.1, -0.05) is 20.8 Å². The number of ether oxygens (including phenoxy) is 2. The first kappa shape index (κ1) is 25.8. The van der Waals surface area contributed by atoms with Crippen LogP contribution in [0, 0.1) is 5.41 Å². The van der Waals surface area contributed by atoms with Crippen molar-refractivity contribution in [3.63, 3.8) is 0 Å². The maximum absolute atomic E-state index is 13.5. The third-order valence-electron chi connectivity index (χ3n) is 6.31. The molecule has 0 saturated carbocycles. The second-order valence-corrected chi connectivity index (χ2v) is 9.96. The smallest absolute Gasteiger partial charge is 0.416 e. The maximum atomic E-state index is 13.5. The zero-order valence-corrected chi connectivity index (χ0v) is 20.7. The maximum Gasteiger partial charge on any atom is 0.416 e. The number of ketones is 1. The first-order valence-electron chi connectivity index (χ1n) is 11.7. The molecule has 1 saturated heterocycles. The lowest BCUT2D eigenvalue weighted by Crippen LogP contribution is -2.36. The van der Waals surface area contributed by atoms with E-state index in [-0.39, 0.29) is 29.4 Å². The van der Waals surface area contributed by atoms with Crippen LogP contribution in [-0.4, -0.2) is 45.1 Å². The number of rotatable bonds is 4. The van der Waals surface area contributed by atoms with Crippen LogP contribution in [0.3, 0.4) is 0 Å². The molecule has 1 heterocycles. The predicted molar refractivity (Wildman–Crippen MR) is 132 cm³/mol. The minimum atomic E-state index is -4.57. The Hall–Kier alpha value is -3.33. The molecule has 1 amide bonds. The van der Waals surface area contributed by atoms with Crippen LogP contribution in [-0.2, 0) is 22.1 Å². The van der Waals surface area contributed by atoms with Gasteiger partial charge >= 0.3 is 6.18 Å². The van der Waals surface area contributed by atoms with Crippen LogP contribution >= 0.6 is 0 Å². The molecule has 0 unspecified atom stereocenters. The molecule has 4 rings (SSSR count). The van der Waals surface area contributed by atoms with E-state index in [9.17, 15) is 22.8 Å². The Morgan fingerprint density at radius 3 is 2.42 bits per heavy atom. The molecule has 6 nitrogen and oxygen atoms in total. The number of allylic oxidation sites excluding steroid dienone is 1. The number of nitrogens with zero attached hydrogens (tertiary/aromatic N) is 1. The molecule has 192 valence electrons. The fourth-order valence-corrected chi connectivity index (χ4v) is 4.23. The summed E-state index contributed by atoms with van der Waals surface area (Å²) in [6.07, 6.45) is -2.86. The van der Waals surface area contributed by atoms with Crippen molar-refractivity contribution >= 4 is 29.1 Å². The highest BCUT2D eigenvalue weighted by molar-refractivity contribution is 6.16. The number of carbonyl (C=O) groups excluding carboxylic acids is 2. The number of anilines is 2. The SMILES string of the molecule is COc1cc2c(cc1N1CCOCC1)CC(=Cc1cc(C(F)(F)F)ccc1NC(=O)C(C)(C)C)C2=O. The normalized spacial score (nSPS) is 17.4. The molecule has 0 radical (unpaired) electrons. The lowest BCUT2D eigenvalue weighted by atomic mass is 9.95. The molecule has 1 N–H and O–H groups in total. The Morgan fingerprint density at radius 1 is 1.11 bits per heavy atom. The summed E-state index contributed by atoms with van der Waals surface area (Å²) in [4.78, 5) is 27.9. The Bertz CT molecular complexity index is 1220. The van der Waals surface area contributed by atoms with Gasteiger partial charge in [0.2, 0.25) is 5.91 Å². The number of fused-ring (bicyclic) bond motifs is 1. The monoisotopic (exact) mass is 502 g/mol. The summed E-state index contributed by atoms with van der Waals surface area (Å²) in [5.74, 6) is -0.0624. The van der Waals surface area contributed by atoms with Crippen molar-refractivity contribution in [2.45, 2.75) is 33.4 Å². The van der Waals surface area contributed by atoms with Crippen LogP contribution in [0.25, 0.3) is 6.08 Å². The molecule has 0 aromatic heterocycles. The van der Waals surface area contributed by atoms with Crippen molar-refractivity contribution in [1.82, 2.24) is 0 Å². The number of benzene rings is 2. The number of Topliss-reactive ketones (excluding diaryl/α,β-unsaturated/α-hetero) is 1. The number of hydrogen-bond donors (Lipinski definition) is 1. The van der Waals surface area contributed by atoms with E-state index >= 15 is 0 Å². The van der Waals surface area contributed by atoms with Crippen molar-refractivity contribution in [2.24, 2.45) is 5.41 Å². The van der Waals surface area contributed by atoms with Gasteiger partial charge in [0.15, 0.2) is 5.78 Å². The second-order valence-electron chi connectivity index (χ2n) is 9.96. The fraction of sp³-hybridized carbons (Fsp3) is 0.407. The van der Waals surface area contributed by atoms with Crippen molar-refractivity contribution in [2.75, 3.05) is 43.6 Å². The van der Waals surface area contributed by atoms with Gasteiger partial charge in [-0.2, -0.15) is 13.2 Å². The summed E-state index contributed by atoms with van der Waals surface area (Å²) in [5.41, 5.74) is 1.16. The van der Waals surface area contributed by atoms with Crippen LogP contribution in [0.4, 0.5) is 24.5 Å². The highest BCUT2D eigenvalue weighted by Crippen LogP contribution is 2.39. The third-order valence-corrected chi connectivity index (χ3v) is 6.31. The van der Waals surface area contributed by atoms with Crippen molar-refractivity contribution in [1.29, 1.82) is 0 Å². The lowest BCUT2D eigenvalue weighted by Gasteiger charge is -2.30. The summed E-state index contributed by atoms with van der Waals surface area (Å²) in [5, 5.41) is 2.71. The van der Waals surface area contributed by atoms with Gasteiger partial charge in [-0.05, 0) is 47.5 Å². The molecule has 0 spiro atoms. The summed E-state index contributed by atoms with van der Waals surface area (Å²) in [6, 6.07) is 6.71. The van der Waals surface area contributed by atoms with Gasteiger partial charge < -0.3 is 19.7 Å². The molecular formula is C27H29F3N2O4. The van der Waals surface area contributed by atoms with Crippen LogP contribution in [0.15, 0.2) is 35.9 Å². The van der Waals surface area contributed by atoms with Gasteiger partial charge in [0.25, 0.3) is 0 Å². The number of morpholine rings is 1. The molecule has 2 aliphatic rings. The Balaban J connectivity index is 1.73. The van der Waals surface area contributed by atoms with Crippen molar-refractivity contribution < 1.29 is 32.2 Å². The number of carbonyl (C=O) groups is 2. The van der Waals surface area contributed by atoms with E-state index in [4.69, 9.17) is 9.47 Å².